The molecule has 8 heteroatoms. The number of hydrogen-bond donors (Lipinski definition) is 1. The molecule has 1 fully saturated rings. The monoisotopic (exact) mass is 324 g/mol. The first kappa shape index (κ1) is 15.3. The van der Waals surface area contributed by atoms with E-state index in [-0.39, 0.29) is 16.6 Å². The predicted octanol–water partition coefficient (Wildman–Crippen LogP) is -0.141. The van der Waals surface area contributed by atoms with E-state index in [1.807, 2.05) is 0 Å². The second-order valence-electron chi connectivity index (χ2n) is 5.72. The third kappa shape index (κ3) is 2.18. The number of rotatable bonds is 3. The van der Waals surface area contributed by atoms with Crippen LogP contribution in [0.1, 0.15) is 6.42 Å². The molecule has 1 aliphatic rings. The van der Waals surface area contributed by atoms with Crippen LogP contribution in [0.15, 0.2) is 27.9 Å². The van der Waals surface area contributed by atoms with Crippen molar-refractivity contribution >= 4 is 21.1 Å². The Labute approximate surface area is 129 Å². The van der Waals surface area contributed by atoms with E-state index in [4.69, 9.17) is 0 Å². The predicted molar refractivity (Wildman–Crippen MR) is 84.4 cm³/mol. The summed E-state index contributed by atoms with van der Waals surface area (Å²) in [7, 11) is 1.37. The average Bonchev–Trinajstić information content (AvgIpc) is 3.11. The second-order valence-corrected chi connectivity index (χ2v) is 7.72. The average molecular weight is 324 g/mol. The molecule has 1 aromatic carbocycles. The Morgan fingerprint density at radius 3 is 2.55 bits per heavy atom. The van der Waals surface area contributed by atoms with Crippen LogP contribution in [-0.2, 0) is 24.1 Å². The maximum Gasteiger partial charge on any atom is 0.328 e. The molecule has 0 saturated carbocycles. The lowest BCUT2D eigenvalue weighted by molar-refractivity contribution is 0.388. The van der Waals surface area contributed by atoms with Crippen LogP contribution in [0.3, 0.4) is 0 Å². The number of nitrogens with zero attached hydrogens (tertiary/aromatic N) is 3. The van der Waals surface area contributed by atoms with Crippen LogP contribution in [0.4, 0.5) is 0 Å². The Morgan fingerprint density at radius 1 is 1.23 bits per heavy atom. The van der Waals surface area contributed by atoms with Gasteiger partial charge in [0.25, 0.3) is 0 Å². The van der Waals surface area contributed by atoms with Crippen molar-refractivity contribution in [1.29, 1.82) is 0 Å². The van der Waals surface area contributed by atoms with E-state index in [1.54, 1.807) is 39.3 Å². The molecular formula is C14H20N4O3S. The SMILES string of the molecule is CN(C1CCNC1)S(=O)(=O)c1ccc2c(c1)n(C)c(=O)n2C. The molecule has 1 aliphatic heterocycles. The quantitative estimate of drug-likeness (QED) is 0.852. The maximum absolute atomic E-state index is 12.8. The van der Waals surface area contributed by atoms with E-state index >= 15 is 0 Å². The van der Waals surface area contributed by atoms with Crippen LogP contribution in [0.5, 0.6) is 0 Å². The van der Waals surface area contributed by atoms with Crippen molar-refractivity contribution < 1.29 is 8.42 Å². The summed E-state index contributed by atoms with van der Waals surface area (Å²) in [4.78, 5) is 12.2. The molecule has 0 radical (unpaired) electrons. The van der Waals surface area contributed by atoms with Crippen molar-refractivity contribution in [3.05, 3.63) is 28.7 Å². The Balaban J connectivity index is 2.09. The van der Waals surface area contributed by atoms with E-state index in [9.17, 15) is 13.2 Å². The molecule has 120 valence electrons. The summed E-state index contributed by atoms with van der Waals surface area (Å²) in [6.45, 7) is 1.50. The molecule has 1 unspecified atom stereocenters. The number of aryl methyl sites for hydroxylation is 2. The van der Waals surface area contributed by atoms with Crippen molar-refractivity contribution in [3.63, 3.8) is 0 Å². The number of fused-ring (bicyclic) bond motifs is 1. The molecule has 1 atom stereocenters. The van der Waals surface area contributed by atoms with E-state index in [2.05, 4.69) is 5.32 Å². The van der Waals surface area contributed by atoms with Gasteiger partial charge >= 0.3 is 5.69 Å². The molecule has 7 nitrogen and oxygen atoms in total. The maximum atomic E-state index is 12.8. The molecule has 0 bridgehead atoms. The summed E-state index contributed by atoms with van der Waals surface area (Å²) < 4.78 is 29.9. The Hall–Kier alpha value is -1.64. The van der Waals surface area contributed by atoms with Crippen molar-refractivity contribution in [2.45, 2.75) is 17.4 Å². The highest BCUT2D eigenvalue weighted by molar-refractivity contribution is 7.89. The molecule has 3 rings (SSSR count). The second kappa shape index (κ2) is 5.22. The normalized spacial score (nSPS) is 19.4. The fourth-order valence-electron chi connectivity index (χ4n) is 2.96. The van der Waals surface area contributed by atoms with Crippen LogP contribution in [0.2, 0.25) is 0 Å². The van der Waals surface area contributed by atoms with Gasteiger partial charge in [0.05, 0.1) is 15.9 Å². The minimum atomic E-state index is -3.57. The number of imidazole rings is 1. The molecular weight excluding hydrogens is 304 g/mol. The third-order valence-corrected chi connectivity index (χ3v) is 6.38. The van der Waals surface area contributed by atoms with Gasteiger partial charge in [-0.15, -0.1) is 0 Å². The van der Waals surface area contributed by atoms with Crippen molar-refractivity contribution in [2.24, 2.45) is 14.1 Å². The zero-order valence-corrected chi connectivity index (χ0v) is 13.7. The highest BCUT2D eigenvalue weighted by Gasteiger charge is 2.30. The summed E-state index contributed by atoms with van der Waals surface area (Å²) in [6, 6.07) is 4.80. The number of benzene rings is 1. The summed E-state index contributed by atoms with van der Waals surface area (Å²) in [5, 5.41) is 3.17. The van der Waals surface area contributed by atoms with Gasteiger partial charge < -0.3 is 5.32 Å². The molecule has 22 heavy (non-hydrogen) atoms. The summed E-state index contributed by atoms with van der Waals surface area (Å²) >= 11 is 0. The fourth-order valence-corrected chi connectivity index (χ4v) is 4.36. The summed E-state index contributed by atoms with van der Waals surface area (Å²) in [5.74, 6) is 0. The molecule has 1 N–H and O–H groups in total. The van der Waals surface area contributed by atoms with Crippen LogP contribution >= 0.6 is 0 Å². The van der Waals surface area contributed by atoms with E-state index in [0.29, 0.717) is 12.1 Å². The fraction of sp³-hybridized carbons (Fsp3) is 0.500. The van der Waals surface area contributed by atoms with Gasteiger partial charge in [0.15, 0.2) is 0 Å². The smallest absolute Gasteiger partial charge is 0.315 e. The van der Waals surface area contributed by atoms with Gasteiger partial charge in [-0.2, -0.15) is 4.31 Å². The molecule has 0 amide bonds. The van der Waals surface area contributed by atoms with Gasteiger partial charge in [-0.3, -0.25) is 9.13 Å². The van der Waals surface area contributed by atoms with Gasteiger partial charge in [-0.1, -0.05) is 0 Å². The van der Waals surface area contributed by atoms with Crippen molar-refractivity contribution in [1.82, 2.24) is 18.8 Å². The lowest BCUT2D eigenvalue weighted by atomic mass is 10.3. The van der Waals surface area contributed by atoms with Crippen LogP contribution < -0.4 is 11.0 Å². The van der Waals surface area contributed by atoms with Gasteiger partial charge in [-0.25, -0.2) is 13.2 Å². The minimum Gasteiger partial charge on any atom is -0.315 e. The third-order valence-electron chi connectivity index (χ3n) is 4.47. The van der Waals surface area contributed by atoms with Crippen LogP contribution in [0.25, 0.3) is 11.0 Å². The van der Waals surface area contributed by atoms with Gasteiger partial charge in [0.2, 0.25) is 10.0 Å². The van der Waals surface area contributed by atoms with Gasteiger partial charge in [0.1, 0.15) is 0 Å². The van der Waals surface area contributed by atoms with E-state index in [1.165, 1.54) is 13.4 Å². The van der Waals surface area contributed by atoms with E-state index < -0.39 is 10.0 Å². The number of nitrogens with one attached hydrogen (secondary N) is 1. The lowest BCUT2D eigenvalue weighted by Crippen LogP contribution is -2.38. The standard InChI is InChI=1S/C14H20N4O3S/c1-16-12-5-4-11(8-13(12)17(2)14(16)19)22(20,21)18(3)10-6-7-15-9-10/h4-5,8,10,15H,6-7,9H2,1-3H3. The first-order valence-corrected chi connectivity index (χ1v) is 8.62. The first-order chi connectivity index (χ1) is 10.3. The molecule has 0 spiro atoms. The highest BCUT2D eigenvalue weighted by atomic mass is 32.2. The van der Waals surface area contributed by atoms with Gasteiger partial charge in [-0.05, 0) is 31.2 Å². The highest BCUT2D eigenvalue weighted by Crippen LogP contribution is 2.23. The Morgan fingerprint density at radius 2 is 1.91 bits per heavy atom. The number of likely N-dealkylation sites (N-methyl/N-ethyl adjacent to an activating group) is 1. The van der Waals surface area contributed by atoms with Crippen LogP contribution in [-0.4, -0.2) is 48.0 Å². The topological polar surface area (TPSA) is 76.3 Å². The van der Waals surface area contributed by atoms with Crippen molar-refractivity contribution in [3.8, 4) is 0 Å². The Kier molecular flexibility index (Phi) is 3.62. The van der Waals surface area contributed by atoms with Crippen LogP contribution in [0, 0.1) is 0 Å². The lowest BCUT2D eigenvalue weighted by Gasteiger charge is -2.23. The number of aromatic nitrogens is 2. The molecule has 0 aliphatic carbocycles. The number of hydrogen-bond acceptors (Lipinski definition) is 4. The Bertz CT molecular complexity index is 875. The number of sulfonamides is 1. The zero-order chi connectivity index (χ0) is 16.1. The van der Waals surface area contributed by atoms with Gasteiger partial charge in [0, 0.05) is 33.7 Å². The minimum absolute atomic E-state index is 0.0275. The van der Waals surface area contributed by atoms with E-state index in [0.717, 1.165) is 18.5 Å². The molecule has 1 saturated heterocycles. The summed E-state index contributed by atoms with van der Waals surface area (Å²) in [5.41, 5.74) is 1.17. The summed E-state index contributed by atoms with van der Waals surface area (Å²) in [6.07, 6.45) is 0.807. The zero-order valence-electron chi connectivity index (χ0n) is 12.9. The largest absolute Gasteiger partial charge is 0.328 e. The molecule has 2 heterocycles. The molecule has 1 aromatic heterocycles. The first-order valence-electron chi connectivity index (χ1n) is 7.18. The van der Waals surface area contributed by atoms with Crippen molar-refractivity contribution in [2.75, 3.05) is 20.1 Å². The molecule has 2 aromatic rings.